The molecule has 2 aromatic heterocycles. The number of H-pyrrole nitrogens is 1. The van der Waals surface area contributed by atoms with Gasteiger partial charge in [0.1, 0.15) is 0 Å². The van der Waals surface area contributed by atoms with Gasteiger partial charge in [0.15, 0.2) is 5.82 Å². The number of nitrogens with one attached hydrogen (secondary N) is 1. The van der Waals surface area contributed by atoms with Gasteiger partial charge in [0.2, 0.25) is 0 Å². The molecule has 3 rings (SSSR count). The van der Waals surface area contributed by atoms with Crippen LogP contribution in [0.2, 0.25) is 5.02 Å². The molecule has 7 heteroatoms. The van der Waals surface area contributed by atoms with E-state index in [1.807, 2.05) is 6.07 Å². The Balaban J connectivity index is 2.08. The van der Waals surface area contributed by atoms with Crippen molar-refractivity contribution in [1.29, 1.82) is 0 Å². The maximum atomic E-state index is 12.1. The van der Waals surface area contributed by atoms with Crippen molar-refractivity contribution in [3.05, 3.63) is 69.6 Å². The molecule has 0 bridgehead atoms. The average molecular weight is 316 g/mol. The molecule has 0 aliphatic rings. The van der Waals surface area contributed by atoms with Crippen LogP contribution in [0.3, 0.4) is 0 Å². The predicted octanol–water partition coefficient (Wildman–Crippen LogP) is 2.58. The van der Waals surface area contributed by atoms with Crippen LogP contribution < -0.4 is 5.56 Å². The number of aromatic carboxylic acids is 1. The van der Waals surface area contributed by atoms with E-state index in [9.17, 15) is 9.59 Å². The Morgan fingerprint density at radius 3 is 2.77 bits per heavy atom. The van der Waals surface area contributed by atoms with Gasteiger partial charge >= 0.3 is 5.97 Å². The lowest BCUT2D eigenvalue weighted by Gasteiger charge is -2.03. The van der Waals surface area contributed by atoms with E-state index in [4.69, 9.17) is 16.7 Å². The molecular formula is C15H10ClN3O3. The molecule has 0 spiro atoms. The molecule has 0 saturated heterocycles. The smallest absolute Gasteiger partial charge is 0.335 e. The first-order chi connectivity index (χ1) is 10.5. The number of hydrogen-bond acceptors (Lipinski definition) is 3. The lowest BCUT2D eigenvalue weighted by atomic mass is 10.2. The fourth-order valence-electron chi connectivity index (χ4n) is 2.04. The second-order valence-corrected chi connectivity index (χ2v) is 5.00. The van der Waals surface area contributed by atoms with Crippen LogP contribution in [-0.4, -0.2) is 25.8 Å². The maximum Gasteiger partial charge on any atom is 0.335 e. The summed E-state index contributed by atoms with van der Waals surface area (Å²) in [6.45, 7) is 0. The molecule has 0 radical (unpaired) electrons. The first-order valence-electron chi connectivity index (χ1n) is 6.32. The molecule has 0 atom stereocenters. The van der Waals surface area contributed by atoms with Crippen molar-refractivity contribution in [2.24, 2.45) is 0 Å². The minimum atomic E-state index is -1.08. The van der Waals surface area contributed by atoms with Crippen LogP contribution in [0.15, 0.2) is 53.5 Å². The van der Waals surface area contributed by atoms with E-state index < -0.39 is 5.97 Å². The molecule has 1 aromatic carbocycles. The first-order valence-corrected chi connectivity index (χ1v) is 6.70. The Bertz CT molecular complexity index is 914. The van der Waals surface area contributed by atoms with Gasteiger partial charge < -0.3 is 5.11 Å². The molecule has 6 nitrogen and oxygen atoms in total. The van der Waals surface area contributed by atoms with Crippen molar-refractivity contribution in [3.8, 4) is 17.1 Å². The van der Waals surface area contributed by atoms with Gasteiger partial charge in [-0.1, -0.05) is 23.7 Å². The Morgan fingerprint density at radius 1 is 1.23 bits per heavy atom. The fourth-order valence-corrected chi connectivity index (χ4v) is 2.23. The van der Waals surface area contributed by atoms with Gasteiger partial charge in [-0.25, -0.2) is 14.5 Å². The highest BCUT2D eigenvalue weighted by molar-refractivity contribution is 6.30. The topological polar surface area (TPSA) is 88.0 Å². The zero-order valence-corrected chi connectivity index (χ0v) is 11.9. The molecule has 0 fully saturated rings. The normalized spacial score (nSPS) is 10.6. The van der Waals surface area contributed by atoms with Gasteiger partial charge in [0.05, 0.1) is 11.3 Å². The summed E-state index contributed by atoms with van der Waals surface area (Å²) in [5.41, 5.74) is 1.02. The molecule has 2 heterocycles. The van der Waals surface area contributed by atoms with E-state index in [1.165, 1.54) is 29.1 Å². The number of nitrogens with zero attached hydrogens (tertiary/aromatic N) is 2. The number of pyridine rings is 1. The fraction of sp³-hybridized carbons (Fsp3) is 0. The Labute approximate surface area is 129 Å². The quantitative estimate of drug-likeness (QED) is 0.777. The number of aromatic nitrogens is 3. The van der Waals surface area contributed by atoms with Crippen LogP contribution in [0.1, 0.15) is 10.4 Å². The minimum Gasteiger partial charge on any atom is -0.478 e. The third kappa shape index (κ3) is 2.64. The Morgan fingerprint density at radius 2 is 2.05 bits per heavy atom. The van der Waals surface area contributed by atoms with Crippen molar-refractivity contribution in [2.75, 3.05) is 0 Å². The van der Waals surface area contributed by atoms with Crippen molar-refractivity contribution < 1.29 is 9.90 Å². The number of hydrogen-bond donors (Lipinski definition) is 2. The van der Waals surface area contributed by atoms with Crippen molar-refractivity contribution in [1.82, 2.24) is 14.8 Å². The van der Waals surface area contributed by atoms with Crippen LogP contribution >= 0.6 is 11.6 Å². The summed E-state index contributed by atoms with van der Waals surface area (Å²) in [5, 5.41) is 12.4. The van der Waals surface area contributed by atoms with E-state index >= 15 is 0 Å². The third-order valence-corrected chi connectivity index (χ3v) is 3.31. The van der Waals surface area contributed by atoms with E-state index in [0.29, 0.717) is 10.7 Å². The number of carbonyl (C=O) groups is 1. The van der Waals surface area contributed by atoms with E-state index in [2.05, 4.69) is 10.1 Å². The molecule has 0 unspecified atom stereocenters. The summed E-state index contributed by atoms with van der Waals surface area (Å²) in [6.07, 6.45) is 1.34. The number of rotatable bonds is 3. The van der Waals surface area contributed by atoms with Gasteiger partial charge in [0, 0.05) is 22.8 Å². The van der Waals surface area contributed by atoms with Crippen molar-refractivity contribution >= 4 is 17.6 Å². The summed E-state index contributed by atoms with van der Waals surface area (Å²) in [7, 11) is 0. The summed E-state index contributed by atoms with van der Waals surface area (Å²) < 4.78 is 1.18. The summed E-state index contributed by atoms with van der Waals surface area (Å²) in [5.74, 6) is -0.878. The van der Waals surface area contributed by atoms with Crippen molar-refractivity contribution in [2.45, 2.75) is 0 Å². The van der Waals surface area contributed by atoms with Gasteiger partial charge in [-0.15, -0.1) is 0 Å². The monoisotopic (exact) mass is 315 g/mol. The van der Waals surface area contributed by atoms with Gasteiger partial charge in [-0.3, -0.25) is 9.89 Å². The highest BCUT2D eigenvalue weighted by Crippen LogP contribution is 2.20. The number of halogens is 1. The minimum absolute atomic E-state index is 0.0517. The standard InChI is InChI=1S/C15H10ClN3O3/c16-11-3-1-2-9(6-11)12-8-14(20)19(18-12)13-7-10(15(21)22)4-5-17-13/h1-8,18H,(H,21,22). The van der Waals surface area contributed by atoms with Gasteiger partial charge in [-0.05, 0) is 24.3 Å². The largest absolute Gasteiger partial charge is 0.478 e. The van der Waals surface area contributed by atoms with Crippen molar-refractivity contribution in [3.63, 3.8) is 0 Å². The summed E-state index contributed by atoms with van der Waals surface area (Å²) in [4.78, 5) is 27.1. The van der Waals surface area contributed by atoms with Crippen LogP contribution in [0.4, 0.5) is 0 Å². The van der Waals surface area contributed by atoms with E-state index in [-0.39, 0.29) is 16.9 Å². The Kier molecular flexibility index (Phi) is 3.52. The predicted molar refractivity (Wildman–Crippen MR) is 81.6 cm³/mol. The number of aromatic amines is 1. The van der Waals surface area contributed by atoms with Crippen LogP contribution in [0.5, 0.6) is 0 Å². The van der Waals surface area contributed by atoms with E-state index in [1.54, 1.807) is 18.2 Å². The second-order valence-electron chi connectivity index (χ2n) is 4.56. The average Bonchev–Trinajstić information content (AvgIpc) is 2.89. The number of benzene rings is 1. The molecular weight excluding hydrogens is 306 g/mol. The first kappa shape index (κ1) is 14.1. The zero-order chi connectivity index (χ0) is 15.7. The summed E-state index contributed by atoms with van der Waals surface area (Å²) >= 11 is 5.94. The van der Waals surface area contributed by atoms with E-state index in [0.717, 1.165) is 5.56 Å². The lowest BCUT2D eigenvalue weighted by molar-refractivity contribution is 0.0696. The van der Waals surface area contributed by atoms with Crippen LogP contribution in [0, 0.1) is 0 Å². The molecule has 2 N–H and O–H groups in total. The molecule has 0 saturated carbocycles. The molecule has 3 aromatic rings. The highest BCUT2D eigenvalue weighted by Gasteiger charge is 2.10. The second kappa shape index (κ2) is 5.50. The molecule has 0 aliphatic carbocycles. The highest BCUT2D eigenvalue weighted by atomic mass is 35.5. The molecule has 22 heavy (non-hydrogen) atoms. The summed E-state index contributed by atoms with van der Waals surface area (Å²) in [6, 6.07) is 11.1. The number of carboxylic acids is 1. The SMILES string of the molecule is O=C(O)c1ccnc(-n2[nH]c(-c3cccc(Cl)c3)cc2=O)c1. The molecule has 110 valence electrons. The number of carboxylic acid groups (broad SMARTS) is 1. The van der Waals surface area contributed by atoms with Crippen LogP contribution in [-0.2, 0) is 0 Å². The zero-order valence-electron chi connectivity index (χ0n) is 11.2. The Hall–Kier alpha value is -2.86. The third-order valence-electron chi connectivity index (χ3n) is 3.08. The maximum absolute atomic E-state index is 12.1. The lowest BCUT2D eigenvalue weighted by Crippen LogP contribution is -2.15. The van der Waals surface area contributed by atoms with Gasteiger partial charge in [0.25, 0.3) is 5.56 Å². The molecule has 0 aliphatic heterocycles. The molecule has 0 amide bonds. The van der Waals surface area contributed by atoms with Gasteiger partial charge in [-0.2, -0.15) is 0 Å². The van der Waals surface area contributed by atoms with Crippen LogP contribution in [0.25, 0.3) is 17.1 Å².